The van der Waals surface area contributed by atoms with Gasteiger partial charge < -0.3 is 19.2 Å². The molecule has 1 atom stereocenters. The SMILES string of the molecule is CCCCOc1ccc(-c2ccc(Cl)c(/C=C/C(=O)Nc3ccc([S@@+]([O-])Cc4cncn4CC(C)C)cc3)c2)cc1. The summed E-state index contributed by atoms with van der Waals surface area (Å²) in [4.78, 5) is 17.5. The van der Waals surface area contributed by atoms with Gasteiger partial charge in [0, 0.05) is 23.3 Å². The number of amides is 1. The first-order chi connectivity index (χ1) is 19.8. The van der Waals surface area contributed by atoms with Crippen LogP contribution in [0, 0.1) is 5.92 Å². The first kappa shape index (κ1) is 30.4. The molecule has 0 unspecified atom stereocenters. The highest BCUT2D eigenvalue weighted by atomic mass is 35.5. The zero-order valence-corrected chi connectivity index (χ0v) is 25.3. The summed E-state index contributed by atoms with van der Waals surface area (Å²) in [6, 6.07) is 20.8. The summed E-state index contributed by atoms with van der Waals surface area (Å²) in [5, 5.41) is 3.41. The monoisotopic (exact) mass is 589 g/mol. The van der Waals surface area contributed by atoms with Gasteiger partial charge in [0.15, 0.2) is 10.6 Å². The molecule has 214 valence electrons. The van der Waals surface area contributed by atoms with Crippen LogP contribution in [0.5, 0.6) is 5.75 Å². The lowest BCUT2D eigenvalue weighted by molar-refractivity contribution is -0.111. The number of ether oxygens (including phenoxy) is 1. The van der Waals surface area contributed by atoms with Crippen molar-refractivity contribution in [3.05, 3.63) is 102 Å². The second kappa shape index (κ2) is 14.9. The third kappa shape index (κ3) is 8.98. The number of unbranched alkanes of at least 4 members (excludes halogenated alkanes) is 1. The predicted molar refractivity (Wildman–Crippen MR) is 169 cm³/mol. The number of halogens is 1. The maximum atomic E-state index is 12.9. The summed E-state index contributed by atoms with van der Waals surface area (Å²) < 4.78 is 20.7. The molecule has 0 saturated carbocycles. The van der Waals surface area contributed by atoms with Crippen LogP contribution in [0.4, 0.5) is 5.69 Å². The Morgan fingerprint density at radius 2 is 1.83 bits per heavy atom. The van der Waals surface area contributed by atoms with Crippen LogP contribution in [-0.2, 0) is 28.3 Å². The quantitative estimate of drug-likeness (QED) is 0.0973. The molecule has 1 aromatic heterocycles. The Morgan fingerprint density at radius 1 is 1.10 bits per heavy atom. The number of nitrogens with zero attached hydrogens (tertiary/aromatic N) is 2. The van der Waals surface area contributed by atoms with Crippen molar-refractivity contribution in [2.75, 3.05) is 11.9 Å². The zero-order chi connectivity index (χ0) is 29.2. The second-order valence-electron chi connectivity index (χ2n) is 10.2. The lowest BCUT2D eigenvalue weighted by Gasteiger charge is -2.14. The average Bonchev–Trinajstić information content (AvgIpc) is 3.39. The third-order valence-corrected chi connectivity index (χ3v) is 8.09. The van der Waals surface area contributed by atoms with Crippen molar-refractivity contribution in [3.8, 4) is 16.9 Å². The highest BCUT2D eigenvalue weighted by molar-refractivity contribution is 7.90. The van der Waals surface area contributed by atoms with Crippen LogP contribution < -0.4 is 10.1 Å². The number of carbonyl (C=O) groups is 1. The Kier molecular flexibility index (Phi) is 11.1. The molecular formula is C33H36ClN3O3S. The van der Waals surface area contributed by atoms with E-state index >= 15 is 0 Å². The van der Waals surface area contributed by atoms with Crippen molar-refractivity contribution in [3.63, 3.8) is 0 Å². The Hall–Kier alpha value is -3.52. The van der Waals surface area contributed by atoms with E-state index in [0.717, 1.165) is 47.5 Å². The standard InChI is InChI=1S/C33H36ClN3O3S/c1-4-5-18-40-30-12-6-25(7-13-30)26-8-16-32(34)27(19-26)9-17-33(38)36-28-10-14-31(15-11-28)41(39)22-29-20-35-23-37(29)21-24(2)3/h6-17,19-20,23-24H,4-5,18,21-22H2,1-3H3,(H,36,38)/b17-9+/t41-/m0/s1. The molecule has 0 aliphatic carbocycles. The molecular weight excluding hydrogens is 554 g/mol. The van der Waals surface area contributed by atoms with E-state index in [-0.39, 0.29) is 5.91 Å². The minimum absolute atomic E-state index is 0.286. The summed E-state index contributed by atoms with van der Waals surface area (Å²) in [6.45, 7) is 7.96. The van der Waals surface area contributed by atoms with Gasteiger partial charge in [-0.15, -0.1) is 0 Å². The average molecular weight is 590 g/mol. The smallest absolute Gasteiger partial charge is 0.248 e. The van der Waals surface area contributed by atoms with Crippen molar-refractivity contribution < 1.29 is 14.1 Å². The molecule has 0 bridgehead atoms. The molecule has 41 heavy (non-hydrogen) atoms. The van der Waals surface area contributed by atoms with E-state index in [1.54, 1.807) is 42.9 Å². The minimum atomic E-state index is -1.22. The molecule has 1 N–H and O–H groups in total. The fraction of sp³-hybridized carbons (Fsp3) is 0.273. The van der Waals surface area contributed by atoms with Crippen molar-refractivity contribution >= 4 is 40.4 Å². The van der Waals surface area contributed by atoms with E-state index < -0.39 is 11.2 Å². The van der Waals surface area contributed by atoms with E-state index in [9.17, 15) is 9.35 Å². The lowest BCUT2D eigenvalue weighted by Crippen LogP contribution is -2.12. The van der Waals surface area contributed by atoms with Gasteiger partial charge in [0.1, 0.15) is 5.75 Å². The first-order valence-electron chi connectivity index (χ1n) is 13.8. The Bertz CT molecular complexity index is 1450. The van der Waals surface area contributed by atoms with Crippen molar-refractivity contribution in [2.45, 2.75) is 50.8 Å². The fourth-order valence-corrected chi connectivity index (χ4v) is 5.51. The Labute approximate surface area is 250 Å². The number of imidazole rings is 1. The van der Waals surface area contributed by atoms with Gasteiger partial charge in [-0.1, -0.05) is 57.0 Å². The fourth-order valence-electron chi connectivity index (χ4n) is 4.21. The molecule has 6 nitrogen and oxygen atoms in total. The summed E-state index contributed by atoms with van der Waals surface area (Å²) in [5.41, 5.74) is 4.32. The second-order valence-corrected chi connectivity index (χ2v) is 12.1. The number of benzene rings is 3. The van der Waals surface area contributed by atoms with E-state index in [0.29, 0.717) is 33.9 Å². The Morgan fingerprint density at radius 3 is 2.54 bits per heavy atom. The number of carbonyl (C=O) groups excluding carboxylic acids is 1. The Balaban J connectivity index is 1.35. The molecule has 4 aromatic rings. The molecule has 0 spiro atoms. The normalized spacial score (nSPS) is 12.1. The van der Waals surface area contributed by atoms with E-state index in [1.807, 2.05) is 47.0 Å². The van der Waals surface area contributed by atoms with E-state index in [1.165, 1.54) is 6.08 Å². The van der Waals surface area contributed by atoms with Gasteiger partial charge in [-0.2, -0.15) is 0 Å². The van der Waals surface area contributed by atoms with E-state index in [4.69, 9.17) is 16.3 Å². The number of aromatic nitrogens is 2. The van der Waals surface area contributed by atoms with Crippen LogP contribution in [0.1, 0.15) is 44.9 Å². The maximum absolute atomic E-state index is 12.9. The summed E-state index contributed by atoms with van der Waals surface area (Å²) in [5.74, 6) is 1.42. The summed E-state index contributed by atoms with van der Waals surface area (Å²) >= 11 is 5.20. The molecule has 0 aliphatic rings. The van der Waals surface area contributed by atoms with Gasteiger partial charge in [0.2, 0.25) is 5.91 Å². The molecule has 8 heteroatoms. The molecule has 1 heterocycles. The van der Waals surface area contributed by atoms with Crippen molar-refractivity contribution in [1.82, 2.24) is 9.55 Å². The van der Waals surface area contributed by atoms with Crippen LogP contribution >= 0.6 is 11.6 Å². The van der Waals surface area contributed by atoms with Gasteiger partial charge >= 0.3 is 0 Å². The zero-order valence-electron chi connectivity index (χ0n) is 23.7. The first-order valence-corrected chi connectivity index (χ1v) is 15.5. The van der Waals surface area contributed by atoms with Crippen molar-refractivity contribution in [1.29, 1.82) is 0 Å². The number of anilines is 1. The van der Waals surface area contributed by atoms with Gasteiger partial charge in [0.05, 0.1) is 24.8 Å². The molecule has 0 saturated heterocycles. The van der Waals surface area contributed by atoms with Gasteiger partial charge in [0.25, 0.3) is 0 Å². The van der Waals surface area contributed by atoms with Crippen LogP contribution in [0.3, 0.4) is 0 Å². The van der Waals surface area contributed by atoms with Crippen LogP contribution in [-0.4, -0.2) is 26.6 Å². The number of rotatable bonds is 13. The number of nitrogens with one attached hydrogen (secondary N) is 1. The van der Waals surface area contributed by atoms with Crippen LogP contribution in [0.15, 0.2) is 90.2 Å². The lowest BCUT2D eigenvalue weighted by atomic mass is 10.0. The highest BCUT2D eigenvalue weighted by Crippen LogP contribution is 2.28. The molecule has 1 amide bonds. The van der Waals surface area contributed by atoms with E-state index in [2.05, 4.69) is 31.1 Å². The van der Waals surface area contributed by atoms with Gasteiger partial charge in [-0.05, 0) is 94.8 Å². The molecule has 3 aromatic carbocycles. The maximum Gasteiger partial charge on any atom is 0.248 e. The highest BCUT2D eigenvalue weighted by Gasteiger charge is 2.16. The minimum Gasteiger partial charge on any atom is -0.611 e. The molecule has 4 rings (SSSR count). The summed E-state index contributed by atoms with van der Waals surface area (Å²) in [7, 11) is 0. The molecule has 0 aliphatic heterocycles. The van der Waals surface area contributed by atoms with Gasteiger partial charge in [-0.25, -0.2) is 4.98 Å². The van der Waals surface area contributed by atoms with Crippen LogP contribution in [0.2, 0.25) is 5.02 Å². The molecule has 0 radical (unpaired) electrons. The van der Waals surface area contributed by atoms with Crippen molar-refractivity contribution in [2.24, 2.45) is 5.92 Å². The number of hydrogen-bond acceptors (Lipinski definition) is 4. The number of hydrogen-bond donors (Lipinski definition) is 1. The summed E-state index contributed by atoms with van der Waals surface area (Å²) in [6.07, 6.45) is 8.83. The largest absolute Gasteiger partial charge is 0.611 e. The molecule has 0 fully saturated rings. The third-order valence-electron chi connectivity index (χ3n) is 6.39. The predicted octanol–water partition coefficient (Wildman–Crippen LogP) is 8.00. The van der Waals surface area contributed by atoms with Crippen LogP contribution in [0.25, 0.3) is 17.2 Å². The topological polar surface area (TPSA) is 79.2 Å². The van der Waals surface area contributed by atoms with Gasteiger partial charge in [-0.3, -0.25) is 4.79 Å².